The van der Waals surface area contributed by atoms with Crippen LogP contribution in [0.5, 0.6) is 0 Å². The number of ether oxygens (including phenoxy) is 1. The predicted octanol–water partition coefficient (Wildman–Crippen LogP) is 3.84. The third kappa shape index (κ3) is 5.42. The quantitative estimate of drug-likeness (QED) is 0.420. The third-order valence-corrected chi connectivity index (χ3v) is 6.21. The van der Waals surface area contributed by atoms with Crippen LogP contribution in [-0.4, -0.2) is 42.3 Å². The lowest BCUT2D eigenvalue weighted by Crippen LogP contribution is -2.41. The Morgan fingerprint density at radius 3 is 2.33 bits per heavy atom. The molecule has 7 nitrogen and oxygen atoms in total. The lowest BCUT2D eigenvalue weighted by Gasteiger charge is -2.25. The van der Waals surface area contributed by atoms with Gasteiger partial charge < -0.3 is 20.5 Å². The van der Waals surface area contributed by atoms with E-state index in [1.165, 1.54) is 11.1 Å². The van der Waals surface area contributed by atoms with Gasteiger partial charge in [0.15, 0.2) is 0 Å². The topological polar surface area (TPSA) is 105 Å². The smallest absolute Gasteiger partial charge is 0.407 e. The molecule has 0 saturated carbocycles. The van der Waals surface area contributed by atoms with Gasteiger partial charge in [0.25, 0.3) is 0 Å². The highest BCUT2D eigenvalue weighted by Crippen LogP contribution is 2.44. The van der Waals surface area contributed by atoms with Gasteiger partial charge >= 0.3 is 12.1 Å². The fraction of sp³-hybridized carbons (Fsp3) is 0.346. The van der Waals surface area contributed by atoms with E-state index < -0.39 is 12.1 Å². The molecule has 2 aromatic carbocycles. The second-order valence-corrected chi connectivity index (χ2v) is 8.46. The Kier molecular flexibility index (Phi) is 7.07. The highest BCUT2D eigenvalue weighted by Gasteiger charge is 2.30. The first-order chi connectivity index (χ1) is 16.0. The highest BCUT2D eigenvalue weighted by atomic mass is 16.5. The standard InChI is InChI=1S/C26H28N2O5/c29-24(30)13-6-14-27-25(31)17-7-5-8-18(15-17)28-26(32)33-16-23-21-11-3-1-9-19(21)20-10-2-4-12-22(20)23/h1-5,8-12,17-18,23H,6-7,13-16H2,(H,27,31)(H,28,32)(H,29,30). The lowest BCUT2D eigenvalue weighted by atomic mass is 9.90. The number of allylic oxidation sites excluding steroid dienone is 1. The number of benzene rings is 2. The second-order valence-electron chi connectivity index (χ2n) is 8.46. The van der Waals surface area contributed by atoms with Crippen LogP contribution in [0.25, 0.3) is 11.1 Å². The van der Waals surface area contributed by atoms with Crippen molar-refractivity contribution in [2.45, 2.75) is 37.6 Å². The van der Waals surface area contributed by atoms with Crippen LogP contribution in [0.15, 0.2) is 60.7 Å². The zero-order valence-corrected chi connectivity index (χ0v) is 18.3. The Labute approximate surface area is 192 Å². The van der Waals surface area contributed by atoms with Crippen molar-refractivity contribution in [3.8, 4) is 11.1 Å². The average molecular weight is 449 g/mol. The van der Waals surface area contributed by atoms with Gasteiger partial charge in [0.1, 0.15) is 6.61 Å². The van der Waals surface area contributed by atoms with Crippen molar-refractivity contribution in [2.75, 3.05) is 13.2 Å². The summed E-state index contributed by atoms with van der Waals surface area (Å²) >= 11 is 0. The first kappa shape index (κ1) is 22.6. The third-order valence-electron chi connectivity index (χ3n) is 6.21. The Hall–Kier alpha value is -3.61. The molecule has 0 aromatic heterocycles. The van der Waals surface area contributed by atoms with Crippen LogP contribution in [0.4, 0.5) is 4.79 Å². The molecule has 2 aromatic rings. The molecule has 2 aliphatic carbocycles. The van der Waals surface area contributed by atoms with Crippen molar-refractivity contribution >= 4 is 18.0 Å². The molecule has 4 rings (SSSR count). The number of carboxylic acid groups (broad SMARTS) is 1. The normalized spacial score (nSPS) is 18.8. The van der Waals surface area contributed by atoms with Gasteiger partial charge in [0.2, 0.25) is 5.91 Å². The maximum absolute atomic E-state index is 12.5. The number of alkyl carbamates (subject to hydrolysis) is 1. The van der Waals surface area contributed by atoms with E-state index in [9.17, 15) is 14.4 Å². The molecule has 172 valence electrons. The van der Waals surface area contributed by atoms with Gasteiger partial charge in [-0.2, -0.15) is 0 Å². The Morgan fingerprint density at radius 2 is 1.67 bits per heavy atom. The number of amides is 2. The van der Waals surface area contributed by atoms with E-state index in [0.717, 1.165) is 11.1 Å². The molecule has 0 aliphatic heterocycles. The summed E-state index contributed by atoms with van der Waals surface area (Å²) in [6.45, 7) is 0.569. The molecule has 0 spiro atoms. The van der Waals surface area contributed by atoms with E-state index in [4.69, 9.17) is 9.84 Å². The molecular weight excluding hydrogens is 420 g/mol. The van der Waals surface area contributed by atoms with Gasteiger partial charge in [-0.3, -0.25) is 9.59 Å². The van der Waals surface area contributed by atoms with Crippen molar-refractivity contribution in [3.63, 3.8) is 0 Å². The summed E-state index contributed by atoms with van der Waals surface area (Å²) in [5.41, 5.74) is 4.66. The van der Waals surface area contributed by atoms with Crippen LogP contribution in [0.3, 0.4) is 0 Å². The van der Waals surface area contributed by atoms with Crippen LogP contribution in [0, 0.1) is 5.92 Å². The first-order valence-electron chi connectivity index (χ1n) is 11.3. The zero-order chi connectivity index (χ0) is 23.2. The van der Waals surface area contributed by atoms with Crippen molar-refractivity contribution in [3.05, 3.63) is 71.8 Å². The van der Waals surface area contributed by atoms with Crippen molar-refractivity contribution < 1.29 is 24.2 Å². The SMILES string of the molecule is O=C(O)CCCNC(=O)C1CC=CC(NC(=O)OCC2c3ccccc3-c3ccccc32)C1. The second kappa shape index (κ2) is 10.3. The number of carbonyl (C=O) groups is 3. The van der Waals surface area contributed by atoms with E-state index in [0.29, 0.717) is 25.8 Å². The van der Waals surface area contributed by atoms with Crippen molar-refractivity contribution in [2.24, 2.45) is 5.92 Å². The number of carbonyl (C=O) groups excluding carboxylic acids is 2. The molecule has 2 amide bonds. The number of rotatable bonds is 8. The molecule has 0 fully saturated rings. The molecule has 2 unspecified atom stereocenters. The summed E-state index contributed by atoms with van der Waals surface area (Å²) in [5.74, 6) is -1.27. The molecule has 7 heteroatoms. The Morgan fingerprint density at radius 1 is 1.00 bits per heavy atom. The number of hydrogen-bond donors (Lipinski definition) is 3. The molecule has 3 N–H and O–H groups in total. The first-order valence-corrected chi connectivity index (χ1v) is 11.3. The van der Waals surface area contributed by atoms with Crippen LogP contribution >= 0.6 is 0 Å². The van der Waals surface area contributed by atoms with Crippen LogP contribution in [-0.2, 0) is 14.3 Å². The summed E-state index contributed by atoms with van der Waals surface area (Å²) in [7, 11) is 0. The van der Waals surface area contributed by atoms with Crippen molar-refractivity contribution in [1.82, 2.24) is 10.6 Å². The molecular formula is C26H28N2O5. The summed E-state index contributed by atoms with van der Waals surface area (Å²) in [4.78, 5) is 35.5. The minimum Gasteiger partial charge on any atom is -0.481 e. The van der Waals surface area contributed by atoms with Crippen LogP contribution in [0.2, 0.25) is 0 Å². The van der Waals surface area contributed by atoms with Crippen molar-refractivity contribution in [1.29, 1.82) is 0 Å². The molecule has 2 aliphatic rings. The van der Waals surface area contributed by atoms with Gasteiger partial charge in [-0.15, -0.1) is 0 Å². The molecule has 33 heavy (non-hydrogen) atoms. The molecule has 0 bridgehead atoms. The predicted molar refractivity (Wildman–Crippen MR) is 124 cm³/mol. The summed E-state index contributed by atoms with van der Waals surface area (Å²) in [6.07, 6.45) is 4.75. The molecule has 2 atom stereocenters. The minimum atomic E-state index is -0.878. The minimum absolute atomic E-state index is 0.00521. The Balaban J connectivity index is 1.28. The largest absolute Gasteiger partial charge is 0.481 e. The molecule has 0 heterocycles. The number of hydrogen-bond acceptors (Lipinski definition) is 4. The van der Waals surface area contributed by atoms with Gasteiger partial charge in [-0.1, -0.05) is 60.7 Å². The van der Waals surface area contributed by atoms with Gasteiger partial charge in [0, 0.05) is 24.8 Å². The number of aliphatic carboxylic acids is 1. The lowest BCUT2D eigenvalue weighted by molar-refractivity contribution is -0.137. The number of fused-ring (bicyclic) bond motifs is 3. The van der Waals surface area contributed by atoms with E-state index in [1.807, 2.05) is 36.4 Å². The Bertz CT molecular complexity index is 1020. The summed E-state index contributed by atoms with van der Waals surface area (Å²) < 4.78 is 5.60. The van der Waals surface area contributed by atoms with Crippen LogP contribution in [0.1, 0.15) is 42.7 Å². The fourth-order valence-corrected chi connectivity index (χ4v) is 4.60. The molecule has 0 radical (unpaired) electrons. The van der Waals surface area contributed by atoms with Crippen LogP contribution < -0.4 is 10.6 Å². The summed E-state index contributed by atoms with van der Waals surface area (Å²) in [6, 6.07) is 16.1. The number of carboxylic acids is 1. The van der Waals surface area contributed by atoms with E-state index in [-0.39, 0.29) is 36.8 Å². The monoisotopic (exact) mass is 448 g/mol. The highest BCUT2D eigenvalue weighted by molar-refractivity contribution is 5.80. The van der Waals surface area contributed by atoms with E-state index in [1.54, 1.807) is 0 Å². The van der Waals surface area contributed by atoms with Gasteiger partial charge in [0.05, 0.1) is 6.04 Å². The number of nitrogens with one attached hydrogen (secondary N) is 2. The van der Waals surface area contributed by atoms with E-state index in [2.05, 4.69) is 34.9 Å². The molecule has 0 saturated heterocycles. The zero-order valence-electron chi connectivity index (χ0n) is 18.3. The van der Waals surface area contributed by atoms with E-state index >= 15 is 0 Å². The maximum Gasteiger partial charge on any atom is 0.407 e. The summed E-state index contributed by atoms with van der Waals surface area (Å²) in [5, 5.41) is 14.3. The van der Waals surface area contributed by atoms with Gasteiger partial charge in [-0.25, -0.2) is 4.79 Å². The maximum atomic E-state index is 12.5. The average Bonchev–Trinajstić information content (AvgIpc) is 3.14. The fourth-order valence-electron chi connectivity index (χ4n) is 4.60. The van der Waals surface area contributed by atoms with Gasteiger partial charge in [-0.05, 0) is 41.5 Å².